The second kappa shape index (κ2) is 9.71. The first-order chi connectivity index (χ1) is 13.2. The van der Waals surface area contributed by atoms with Crippen LogP contribution in [0.4, 0.5) is 0 Å². The predicted octanol–water partition coefficient (Wildman–Crippen LogP) is 2.68. The molecule has 2 aromatic rings. The van der Waals surface area contributed by atoms with Gasteiger partial charge in [0.25, 0.3) is 0 Å². The molecule has 0 aliphatic carbocycles. The molecule has 0 radical (unpaired) electrons. The Balaban J connectivity index is 2.22. The zero-order valence-corrected chi connectivity index (χ0v) is 16.2. The van der Waals surface area contributed by atoms with Gasteiger partial charge >= 0.3 is 5.97 Å². The highest BCUT2D eigenvalue weighted by Gasteiger charge is 2.32. The first kappa shape index (κ1) is 21.9. The minimum atomic E-state index is -2.04. The highest BCUT2D eigenvalue weighted by molar-refractivity contribution is 6.35. The number of nitrogens with one attached hydrogen (secondary N) is 1. The maximum Gasteiger partial charge on any atom is 0.335 e. The molecule has 148 valence electrons. The van der Waals surface area contributed by atoms with Gasteiger partial charge in [-0.1, -0.05) is 54.0 Å². The Labute approximate surface area is 172 Å². The Morgan fingerprint density at radius 2 is 1.61 bits per heavy atom. The fraction of sp³-hybridized carbons (Fsp3) is 0.200. The number of benzene rings is 2. The van der Waals surface area contributed by atoms with E-state index in [0.717, 1.165) is 17.2 Å². The number of carbonyl (C=O) groups excluding carboxylic acids is 1. The van der Waals surface area contributed by atoms with Gasteiger partial charge in [-0.15, -0.1) is 0 Å². The number of halogens is 2. The van der Waals surface area contributed by atoms with E-state index in [-0.39, 0.29) is 6.42 Å². The lowest BCUT2D eigenvalue weighted by Crippen LogP contribution is -2.51. The zero-order chi connectivity index (χ0) is 20.8. The summed E-state index contributed by atoms with van der Waals surface area (Å²) in [6.45, 7) is 3.33. The van der Waals surface area contributed by atoms with E-state index < -0.39 is 30.1 Å². The smallest absolute Gasteiger partial charge is 0.335 e. The molecule has 4 N–H and O–H groups in total. The Morgan fingerprint density at radius 3 is 2.11 bits per heavy atom. The molecule has 6 nitrogen and oxygen atoms in total. The first-order valence-electron chi connectivity index (χ1n) is 8.28. The lowest BCUT2D eigenvalue weighted by molar-refractivity contribution is -0.154. The van der Waals surface area contributed by atoms with Crippen LogP contribution < -0.4 is 5.32 Å². The van der Waals surface area contributed by atoms with Crippen molar-refractivity contribution in [2.24, 2.45) is 0 Å². The topological polar surface area (TPSA) is 107 Å². The Kier molecular flexibility index (Phi) is 7.60. The highest BCUT2D eigenvalue weighted by atomic mass is 35.5. The van der Waals surface area contributed by atoms with Crippen molar-refractivity contribution in [1.29, 1.82) is 0 Å². The first-order valence-corrected chi connectivity index (χ1v) is 9.04. The normalized spacial score (nSPS) is 14.0. The number of aliphatic hydroxyl groups is 2. The fourth-order valence-corrected chi connectivity index (χ4v) is 3.20. The molecule has 0 saturated heterocycles. The number of hydrogen-bond acceptors (Lipinski definition) is 4. The number of amides is 1. The Hall–Kier alpha value is -2.38. The highest BCUT2D eigenvalue weighted by Crippen LogP contribution is 2.27. The van der Waals surface area contributed by atoms with Gasteiger partial charge in [-0.25, -0.2) is 4.79 Å². The van der Waals surface area contributed by atoms with Crippen molar-refractivity contribution in [2.75, 3.05) is 0 Å². The lowest BCUT2D eigenvalue weighted by Gasteiger charge is -2.25. The van der Waals surface area contributed by atoms with E-state index in [1.807, 2.05) is 12.1 Å². The average molecular weight is 424 g/mol. The van der Waals surface area contributed by atoms with E-state index in [2.05, 4.69) is 11.9 Å². The van der Waals surface area contributed by atoms with Gasteiger partial charge in [0, 0.05) is 10.0 Å². The van der Waals surface area contributed by atoms with Crippen LogP contribution in [0.5, 0.6) is 0 Å². The number of carboxylic acid groups (broad SMARTS) is 1. The average Bonchev–Trinajstić information content (AvgIpc) is 2.65. The second-order valence-corrected chi connectivity index (χ2v) is 7.02. The van der Waals surface area contributed by atoms with E-state index >= 15 is 0 Å². The summed E-state index contributed by atoms with van der Waals surface area (Å²) in [6.07, 6.45) is -2.64. The third-order valence-corrected chi connectivity index (χ3v) is 4.54. The van der Waals surface area contributed by atoms with Crippen LogP contribution in [0, 0.1) is 0 Å². The summed E-state index contributed by atoms with van der Waals surface area (Å²) >= 11 is 12.0. The predicted molar refractivity (Wildman–Crippen MR) is 107 cm³/mol. The molecule has 0 unspecified atom stereocenters. The van der Waals surface area contributed by atoms with Gasteiger partial charge in [-0.2, -0.15) is 0 Å². The summed E-state index contributed by atoms with van der Waals surface area (Å²) in [5.41, 5.74) is 2.38. The number of carboxylic acids is 1. The van der Waals surface area contributed by atoms with E-state index in [0.29, 0.717) is 15.6 Å². The maximum absolute atomic E-state index is 11.6. The molecule has 8 heteroatoms. The van der Waals surface area contributed by atoms with Crippen molar-refractivity contribution in [3.05, 3.63) is 70.7 Å². The van der Waals surface area contributed by atoms with E-state index in [1.165, 1.54) is 0 Å². The van der Waals surface area contributed by atoms with Crippen molar-refractivity contribution in [3.8, 4) is 11.1 Å². The lowest BCUT2D eigenvalue weighted by atomic mass is 9.96. The molecule has 28 heavy (non-hydrogen) atoms. The Morgan fingerprint density at radius 1 is 1.04 bits per heavy atom. The van der Waals surface area contributed by atoms with Crippen LogP contribution in [0.25, 0.3) is 11.1 Å². The van der Waals surface area contributed by atoms with Gasteiger partial charge < -0.3 is 20.6 Å². The van der Waals surface area contributed by atoms with E-state index in [1.54, 1.807) is 30.3 Å². The Bertz CT molecular complexity index is 849. The second-order valence-electron chi connectivity index (χ2n) is 6.15. The number of aliphatic hydroxyl groups excluding tert-OH is 2. The number of aliphatic carboxylic acids is 1. The fourth-order valence-electron chi connectivity index (χ4n) is 2.67. The van der Waals surface area contributed by atoms with Gasteiger partial charge in [-0.05, 0) is 47.4 Å². The van der Waals surface area contributed by atoms with E-state index in [4.69, 9.17) is 28.3 Å². The summed E-state index contributed by atoms with van der Waals surface area (Å²) in [5.74, 6) is -2.18. The summed E-state index contributed by atoms with van der Waals surface area (Å²) < 4.78 is 0. The zero-order valence-electron chi connectivity index (χ0n) is 14.7. The van der Waals surface area contributed by atoms with Crippen LogP contribution in [0.3, 0.4) is 0 Å². The molecule has 1 amide bonds. The van der Waals surface area contributed by atoms with Crippen LogP contribution >= 0.6 is 23.2 Å². The molecule has 0 bridgehead atoms. The summed E-state index contributed by atoms with van der Waals surface area (Å²) in [7, 11) is 0. The van der Waals surface area contributed by atoms with Crippen molar-refractivity contribution >= 4 is 35.1 Å². The van der Waals surface area contributed by atoms with Crippen molar-refractivity contribution in [1.82, 2.24) is 5.32 Å². The van der Waals surface area contributed by atoms with Gasteiger partial charge in [0.05, 0.1) is 6.04 Å². The molecule has 0 saturated carbocycles. The summed E-state index contributed by atoms with van der Waals surface area (Å²) in [4.78, 5) is 22.6. The van der Waals surface area contributed by atoms with Crippen LogP contribution in [-0.2, 0) is 16.0 Å². The monoisotopic (exact) mass is 423 g/mol. The molecular formula is C20H19Cl2NO5. The van der Waals surface area contributed by atoms with Crippen molar-refractivity contribution in [3.63, 3.8) is 0 Å². The molecule has 0 aromatic heterocycles. The molecule has 0 aliphatic rings. The van der Waals surface area contributed by atoms with Gasteiger partial charge in [-0.3, -0.25) is 4.79 Å². The number of carbonyl (C=O) groups is 2. The quantitative estimate of drug-likeness (QED) is 0.488. The van der Waals surface area contributed by atoms with Gasteiger partial charge in [0.1, 0.15) is 6.10 Å². The molecule has 0 aliphatic heterocycles. The maximum atomic E-state index is 11.6. The van der Waals surface area contributed by atoms with Crippen LogP contribution in [0.2, 0.25) is 10.0 Å². The van der Waals surface area contributed by atoms with Crippen LogP contribution in [0.1, 0.15) is 5.56 Å². The largest absolute Gasteiger partial charge is 0.479 e. The molecular weight excluding hydrogens is 405 g/mol. The number of hydrogen-bond donors (Lipinski definition) is 4. The van der Waals surface area contributed by atoms with Gasteiger partial charge in [0.15, 0.2) is 6.10 Å². The molecule has 2 rings (SSSR count). The summed E-state index contributed by atoms with van der Waals surface area (Å²) in [6, 6.07) is 11.3. The minimum absolute atomic E-state index is 0.0989. The van der Waals surface area contributed by atoms with Crippen molar-refractivity contribution < 1.29 is 24.9 Å². The van der Waals surface area contributed by atoms with Crippen LogP contribution in [0.15, 0.2) is 55.1 Å². The third-order valence-electron chi connectivity index (χ3n) is 4.11. The standard InChI is InChI=1S/C20H19Cl2NO5/c1-2-17(24)23-16(18(25)19(26)20(27)28)7-11-3-5-12(6-4-11)13-8-14(21)10-15(22)9-13/h2-6,8-10,16,18-19,25-26H,1,7H2,(H,23,24)(H,27,28)/t16-,18-,19+/m0/s1. The van der Waals surface area contributed by atoms with Crippen molar-refractivity contribution in [2.45, 2.75) is 24.7 Å². The number of rotatable bonds is 8. The van der Waals surface area contributed by atoms with E-state index in [9.17, 15) is 19.8 Å². The van der Waals surface area contributed by atoms with Crippen LogP contribution in [-0.4, -0.2) is 45.4 Å². The SMILES string of the molecule is C=CC(=O)N[C@@H](Cc1ccc(-c2cc(Cl)cc(Cl)c2)cc1)[C@H](O)[C@@H](O)C(=O)O. The van der Waals surface area contributed by atoms with Gasteiger partial charge in [0.2, 0.25) is 5.91 Å². The molecule has 0 heterocycles. The molecule has 0 fully saturated rings. The third kappa shape index (κ3) is 5.81. The molecule has 2 aromatic carbocycles. The molecule has 3 atom stereocenters. The minimum Gasteiger partial charge on any atom is -0.479 e. The molecule has 0 spiro atoms. The summed E-state index contributed by atoms with van der Waals surface area (Å²) in [5, 5.41) is 32.1.